The monoisotopic (exact) mass is 345 g/mol. The number of ether oxygens (including phenoxy) is 1. The first-order chi connectivity index (χ1) is 11.9. The fourth-order valence-corrected chi connectivity index (χ4v) is 3.26. The highest BCUT2D eigenvalue weighted by Crippen LogP contribution is 2.35. The van der Waals surface area contributed by atoms with Gasteiger partial charge in [-0.05, 0) is 37.1 Å². The number of rotatable bonds is 5. The summed E-state index contributed by atoms with van der Waals surface area (Å²) in [6.45, 7) is 6.18. The van der Waals surface area contributed by atoms with E-state index in [0.29, 0.717) is 25.2 Å². The molecule has 0 bridgehead atoms. The van der Waals surface area contributed by atoms with Crippen molar-refractivity contribution in [2.24, 2.45) is 0 Å². The van der Waals surface area contributed by atoms with Crippen molar-refractivity contribution in [3.8, 4) is 0 Å². The fraction of sp³-hybridized carbons (Fsp3) is 0.500. The molecule has 25 heavy (non-hydrogen) atoms. The van der Waals surface area contributed by atoms with Crippen LogP contribution >= 0.6 is 0 Å². The van der Waals surface area contributed by atoms with E-state index in [-0.39, 0.29) is 24.0 Å². The van der Waals surface area contributed by atoms with E-state index in [4.69, 9.17) is 4.74 Å². The molecule has 1 fully saturated rings. The second kappa shape index (κ2) is 6.74. The summed E-state index contributed by atoms with van der Waals surface area (Å²) in [5.74, 6) is -0.0651. The minimum atomic E-state index is -0.432. The number of amides is 3. The van der Waals surface area contributed by atoms with Gasteiger partial charge in [0.25, 0.3) is 0 Å². The molecule has 2 aliphatic heterocycles. The summed E-state index contributed by atoms with van der Waals surface area (Å²) in [5, 5.41) is 2.66. The summed E-state index contributed by atoms with van der Waals surface area (Å²) in [5.41, 5.74) is 2.57. The van der Waals surface area contributed by atoms with Gasteiger partial charge in [-0.1, -0.05) is 6.92 Å². The van der Waals surface area contributed by atoms with Crippen LogP contribution in [0.2, 0.25) is 0 Å². The second-order valence-corrected chi connectivity index (χ2v) is 6.56. The molecule has 1 aromatic carbocycles. The lowest BCUT2D eigenvalue weighted by Gasteiger charge is -2.24. The van der Waals surface area contributed by atoms with E-state index in [2.05, 4.69) is 12.2 Å². The molecule has 2 atom stereocenters. The van der Waals surface area contributed by atoms with Crippen molar-refractivity contribution in [1.29, 1.82) is 0 Å². The van der Waals surface area contributed by atoms with Crippen molar-refractivity contribution < 1.29 is 19.1 Å². The van der Waals surface area contributed by atoms with Crippen LogP contribution in [0.5, 0.6) is 0 Å². The molecule has 1 aromatic rings. The van der Waals surface area contributed by atoms with Gasteiger partial charge in [0.2, 0.25) is 11.8 Å². The van der Waals surface area contributed by atoms with Gasteiger partial charge in [-0.3, -0.25) is 14.5 Å². The topological polar surface area (TPSA) is 79.0 Å². The van der Waals surface area contributed by atoms with Crippen LogP contribution in [0.25, 0.3) is 0 Å². The minimum Gasteiger partial charge on any atom is -0.442 e. The highest BCUT2D eigenvalue weighted by Gasteiger charge is 2.35. The second-order valence-electron chi connectivity index (χ2n) is 6.56. The lowest BCUT2D eigenvalue weighted by Crippen LogP contribution is -2.35. The van der Waals surface area contributed by atoms with Gasteiger partial charge in [-0.25, -0.2) is 4.79 Å². The SMILES string of the molecule is CCC(C)N1C(=O)Cc2cc(N3C[C@H](CNC(C)=O)OC3=O)ccc21. The Morgan fingerprint density at radius 3 is 2.84 bits per heavy atom. The number of nitrogens with zero attached hydrogens (tertiary/aromatic N) is 2. The van der Waals surface area contributed by atoms with Gasteiger partial charge >= 0.3 is 6.09 Å². The third-order valence-corrected chi connectivity index (χ3v) is 4.73. The highest BCUT2D eigenvalue weighted by molar-refractivity contribution is 6.03. The van der Waals surface area contributed by atoms with Crippen LogP contribution in [0.15, 0.2) is 18.2 Å². The molecule has 1 saturated heterocycles. The number of hydrogen-bond acceptors (Lipinski definition) is 4. The molecule has 2 aliphatic rings. The average Bonchev–Trinajstić information content (AvgIpc) is 3.10. The molecule has 1 unspecified atom stereocenters. The molecular weight excluding hydrogens is 322 g/mol. The molecule has 0 saturated carbocycles. The van der Waals surface area contributed by atoms with Crippen LogP contribution in [-0.4, -0.2) is 43.1 Å². The number of benzene rings is 1. The van der Waals surface area contributed by atoms with E-state index in [1.54, 1.807) is 4.90 Å². The van der Waals surface area contributed by atoms with E-state index in [1.807, 2.05) is 30.0 Å². The smallest absolute Gasteiger partial charge is 0.414 e. The normalized spacial score (nSPS) is 20.5. The van der Waals surface area contributed by atoms with Crippen LogP contribution in [0, 0.1) is 0 Å². The van der Waals surface area contributed by atoms with E-state index in [9.17, 15) is 14.4 Å². The molecule has 7 heteroatoms. The summed E-state index contributed by atoms with van der Waals surface area (Å²) < 4.78 is 5.29. The van der Waals surface area contributed by atoms with Gasteiger partial charge in [-0.15, -0.1) is 0 Å². The van der Waals surface area contributed by atoms with E-state index in [0.717, 1.165) is 17.7 Å². The van der Waals surface area contributed by atoms with Crippen molar-refractivity contribution in [3.63, 3.8) is 0 Å². The van der Waals surface area contributed by atoms with Crippen molar-refractivity contribution in [3.05, 3.63) is 23.8 Å². The Labute approximate surface area is 146 Å². The van der Waals surface area contributed by atoms with Gasteiger partial charge in [0.05, 0.1) is 19.5 Å². The standard InChI is InChI=1S/C18H23N3O4/c1-4-11(2)21-16-6-5-14(7-13(16)8-17(21)23)20-10-15(25-18(20)24)9-19-12(3)22/h5-7,11,15H,4,8-10H2,1-3H3,(H,19,22)/t11?,15-/m0/s1. The van der Waals surface area contributed by atoms with Crippen molar-refractivity contribution >= 4 is 29.3 Å². The third-order valence-electron chi connectivity index (χ3n) is 4.73. The van der Waals surface area contributed by atoms with Gasteiger partial charge in [0.1, 0.15) is 6.10 Å². The van der Waals surface area contributed by atoms with Crippen LogP contribution < -0.4 is 15.1 Å². The summed E-state index contributed by atoms with van der Waals surface area (Å²) in [6.07, 6.45) is 0.434. The first-order valence-electron chi connectivity index (χ1n) is 8.58. The first kappa shape index (κ1) is 17.3. The molecule has 3 amide bonds. The van der Waals surface area contributed by atoms with Crippen molar-refractivity contribution in [1.82, 2.24) is 5.32 Å². The molecule has 1 N–H and O–H groups in total. The number of nitrogens with one attached hydrogen (secondary N) is 1. The van der Waals surface area contributed by atoms with Crippen LogP contribution in [0.3, 0.4) is 0 Å². The van der Waals surface area contributed by atoms with E-state index < -0.39 is 6.09 Å². The maximum atomic E-state index is 12.3. The molecular formula is C18H23N3O4. The third kappa shape index (κ3) is 3.31. The Morgan fingerprint density at radius 2 is 2.16 bits per heavy atom. The summed E-state index contributed by atoms with van der Waals surface area (Å²) >= 11 is 0. The quantitative estimate of drug-likeness (QED) is 0.883. The fourth-order valence-electron chi connectivity index (χ4n) is 3.26. The number of fused-ring (bicyclic) bond motifs is 1. The first-order valence-corrected chi connectivity index (χ1v) is 8.58. The van der Waals surface area contributed by atoms with E-state index in [1.165, 1.54) is 6.92 Å². The zero-order chi connectivity index (χ0) is 18.1. The Morgan fingerprint density at radius 1 is 1.40 bits per heavy atom. The van der Waals surface area contributed by atoms with Crippen LogP contribution in [0.4, 0.5) is 16.2 Å². The maximum Gasteiger partial charge on any atom is 0.414 e. The number of carbonyl (C=O) groups is 3. The molecule has 0 radical (unpaired) electrons. The Hall–Kier alpha value is -2.57. The van der Waals surface area contributed by atoms with E-state index >= 15 is 0 Å². The predicted octanol–water partition coefficient (Wildman–Crippen LogP) is 1.84. The van der Waals surface area contributed by atoms with Gasteiger partial charge in [0.15, 0.2) is 0 Å². The lowest BCUT2D eigenvalue weighted by molar-refractivity contribution is -0.119. The Balaban J connectivity index is 1.77. The zero-order valence-corrected chi connectivity index (χ0v) is 14.7. The summed E-state index contributed by atoms with van der Waals surface area (Å²) in [7, 11) is 0. The molecule has 0 spiro atoms. The summed E-state index contributed by atoms with van der Waals surface area (Å²) in [6, 6.07) is 5.78. The van der Waals surface area contributed by atoms with Crippen LogP contribution in [-0.2, 0) is 20.7 Å². The zero-order valence-electron chi connectivity index (χ0n) is 14.7. The number of anilines is 2. The molecule has 134 valence electrons. The lowest BCUT2D eigenvalue weighted by atomic mass is 10.1. The average molecular weight is 345 g/mol. The molecule has 7 nitrogen and oxygen atoms in total. The van der Waals surface area contributed by atoms with Crippen molar-refractivity contribution in [2.75, 3.05) is 22.9 Å². The van der Waals surface area contributed by atoms with Gasteiger partial charge in [0, 0.05) is 24.3 Å². The highest BCUT2D eigenvalue weighted by atomic mass is 16.6. The van der Waals surface area contributed by atoms with Gasteiger partial charge < -0.3 is 15.0 Å². The number of hydrogen-bond donors (Lipinski definition) is 1. The van der Waals surface area contributed by atoms with Crippen molar-refractivity contribution in [2.45, 2.75) is 45.8 Å². The Kier molecular flexibility index (Phi) is 4.65. The Bertz CT molecular complexity index is 718. The van der Waals surface area contributed by atoms with Gasteiger partial charge in [-0.2, -0.15) is 0 Å². The number of carbonyl (C=O) groups excluding carboxylic acids is 3. The molecule has 0 aliphatic carbocycles. The largest absolute Gasteiger partial charge is 0.442 e. The molecule has 0 aromatic heterocycles. The minimum absolute atomic E-state index is 0.0917. The van der Waals surface area contributed by atoms with Crippen LogP contribution in [0.1, 0.15) is 32.8 Å². The predicted molar refractivity (Wildman–Crippen MR) is 93.7 cm³/mol. The molecule has 3 rings (SSSR count). The summed E-state index contributed by atoms with van der Waals surface area (Å²) in [4.78, 5) is 38.8. The molecule has 2 heterocycles. The number of cyclic esters (lactones) is 1. The maximum absolute atomic E-state index is 12.3.